The van der Waals surface area contributed by atoms with Gasteiger partial charge >= 0.3 is 0 Å². The lowest BCUT2D eigenvalue weighted by atomic mass is 10.1. The summed E-state index contributed by atoms with van der Waals surface area (Å²) < 4.78 is 14.7. The average molecular weight is 404 g/mol. The minimum Gasteiger partial charge on any atom is -0.295 e. The zero-order valence-electron chi connectivity index (χ0n) is 17.2. The second-order valence-corrected chi connectivity index (χ2v) is 7.42. The molecule has 2 aromatic carbocycles. The quantitative estimate of drug-likeness (QED) is 0.670. The van der Waals surface area contributed by atoms with Gasteiger partial charge in [0.1, 0.15) is 5.82 Å². The lowest BCUT2D eigenvalue weighted by Crippen LogP contribution is -2.22. The molecule has 0 spiro atoms. The van der Waals surface area contributed by atoms with Gasteiger partial charge in [0.2, 0.25) is 0 Å². The first-order valence-electron chi connectivity index (χ1n) is 9.53. The van der Waals surface area contributed by atoms with E-state index in [0.29, 0.717) is 28.2 Å². The van der Waals surface area contributed by atoms with Crippen molar-refractivity contribution < 1.29 is 9.18 Å². The van der Waals surface area contributed by atoms with Gasteiger partial charge in [0.05, 0.1) is 28.2 Å². The van der Waals surface area contributed by atoms with Crippen molar-refractivity contribution in [1.82, 2.24) is 9.78 Å². The van der Waals surface area contributed by atoms with Crippen LogP contribution in [-0.2, 0) is 4.79 Å². The molecule has 1 aromatic heterocycles. The minimum atomic E-state index is -0.392. The zero-order valence-corrected chi connectivity index (χ0v) is 17.2. The maximum atomic E-state index is 13.2. The topological polar surface area (TPSA) is 70.5 Å². The van der Waals surface area contributed by atoms with E-state index in [9.17, 15) is 14.0 Å². The van der Waals surface area contributed by atoms with E-state index >= 15 is 0 Å². The van der Waals surface area contributed by atoms with Crippen molar-refractivity contribution >= 4 is 23.4 Å². The fourth-order valence-corrected chi connectivity index (χ4v) is 3.54. The number of nitrogens with zero attached hydrogens (tertiary/aromatic N) is 3. The molecule has 0 aliphatic carbocycles. The van der Waals surface area contributed by atoms with E-state index in [0.717, 1.165) is 16.8 Å². The van der Waals surface area contributed by atoms with Gasteiger partial charge in [0, 0.05) is 5.69 Å². The first-order chi connectivity index (χ1) is 14.3. The van der Waals surface area contributed by atoms with E-state index in [4.69, 9.17) is 0 Å². The molecule has 0 fully saturated rings. The molecule has 1 amide bonds. The number of carbonyl (C=O) groups is 1. The third kappa shape index (κ3) is 3.28. The van der Waals surface area contributed by atoms with Crippen LogP contribution < -0.4 is 10.6 Å². The molecular weight excluding hydrogens is 383 g/mol. The lowest BCUT2D eigenvalue weighted by Gasteiger charge is -2.11. The first kappa shape index (κ1) is 19.6. The molecule has 0 saturated heterocycles. The van der Waals surface area contributed by atoms with E-state index in [1.807, 2.05) is 32.0 Å². The monoisotopic (exact) mass is 404 g/mol. The second kappa shape index (κ2) is 7.26. The third-order valence-electron chi connectivity index (χ3n) is 5.13. The molecule has 1 N–H and O–H groups in total. The van der Waals surface area contributed by atoms with Crippen molar-refractivity contribution in [3.05, 3.63) is 86.6 Å². The Bertz CT molecular complexity index is 1280. The molecule has 4 rings (SSSR count). The molecule has 152 valence electrons. The normalized spacial score (nSPS) is 15.2. The van der Waals surface area contributed by atoms with Crippen LogP contribution in [0.4, 0.5) is 10.1 Å². The Labute approximate surface area is 172 Å². The van der Waals surface area contributed by atoms with Crippen LogP contribution in [0.5, 0.6) is 0 Å². The number of nitrogens with one attached hydrogen (secondary N) is 1. The Hall–Kier alpha value is -3.74. The maximum absolute atomic E-state index is 13.2. The molecule has 2 heterocycles. The van der Waals surface area contributed by atoms with Crippen molar-refractivity contribution in [2.75, 3.05) is 5.01 Å². The van der Waals surface area contributed by atoms with Gasteiger partial charge < -0.3 is 0 Å². The van der Waals surface area contributed by atoms with Gasteiger partial charge in [0.25, 0.3) is 11.5 Å². The Kier molecular flexibility index (Phi) is 4.73. The number of halogens is 1. The van der Waals surface area contributed by atoms with Gasteiger partial charge in [0.15, 0.2) is 0 Å². The van der Waals surface area contributed by atoms with E-state index in [-0.39, 0.29) is 11.5 Å². The number of aromatic nitrogens is 2. The number of hydrogen-bond acceptors (Lipinski definition) is 3. The molecular formula is C23H21FN4O2. The number of aryl methyl sites for hydroxylation is 3. The summed E-state index contributed by atoms with van der Waals surface area (Å²) >= 11 is 0. The molecule has 3 aromatic rings. The fourth-order valence-electron chi connectivity index (χ4n) is 3.54. The summed E-state index contributed by atoms with van der Waals surface area (Å²) in [5.41, 5.74) is 4.91. The number of benzene rings is 2. The van der Waals surface area contributed by atoms with Crippen molar-refractivity contribution in [2.24, 2.45) is 5.10 Å². The highest BCUT2D eigenvalue weighted by atomic mass is 19.1. The molecule has 1 aliphatic heterocycles. The highest BCUT2D eigenvalue weighted by Gasteiger charge is 2.29. The molecule has 0 unspecified atom stereocenters. The highest BCUT2D eigenvalue weighted by Crippen LogP contribution is 2.25. The van der Waals surface area contributed by atoms with Crippen molar-refractivity contribution in [1.29, 1.82) is 0 Å². The molecule has 0 saturated carbocycles. The third-order valence-corrected chi connectivity index (χ3v) is 5.13. The number of carbonyl (C=O) groups excluding carboxylic acids is 1. The first-order valence-corrected chi connectivity index (χ1v) is 9.53. The standard InChI is InChI=1S/C23H21FN4O2/c1-13-5-10-21(14(2)11-13)28-23(30)20(16(4)26-28)12-19-15(3)25-27(22(19)29)18-8-6-17(24)7-9-18/h5-12,26H,1-4H3. The summed E-state index contributed by atoms with van der Waals surface area (Å²) in [7, 11) is 0. The van der Waals surface area contributed by atoms with Crippen molar-refractivity contribution in [3.8, 4) is 5.69 Å². The number of anilines is 1. The molecule has 0 bridgehead atoms. The summed E-state index contributed by atoms with van der Waals surface area (Å²) in [6.07, 6.45) is 1.57. The predicted octanol–water partition coefficient (Wildman–Crippen LogP) is 4.04. The number of hydrogen-bond donors (Lipinski definition) is 1. The van der Waals surface area contributed by atoms with Crippen LogP contribution >= 0.6 is 0 Å². The molecule has 0 atom stereocenters. The molecule has 7 heteroatoms. The van der Waals surface area contributed by atoms with Crippen molar-refractivity contribution in [3.63, 3.8) is 0 Å². The molecule has 0 radical (unpaired) electrons. The van der Waals surface area contributed by atoms with E-state index in [1.165, 1.54) is 34.0 Å². The molecule has 6 nitrogen and oxygen atoms in total. The molecule has 30 heavy (non-hydrogen) atoms. The van der Waals surface area contributed by atoms with E-state index in [2.05, 4.69) is 10.2 Å². The van der Waals surface area contributed by atoms with E-state index in [1.54, 1.807) is 19.9 Å². The highest BCUT2D eigenvalue weighted by molar-refractivity contribution is 6.32. The van der Waals surface area contributed by atoms with Crippen LogP contribution in [-0.4, -0.2) is 21.4 Å². The average Bonchev–Trinajstić information content (AvgIpc) is 3.13. The Morgan fingerprint density at radius 3 is 2.37 bits per heavy atom. The summed E-state index contributed by atoms with van der Waals surface area (Å²) in [5.74, 6) is -0.756. The summed E-state index contributed by atoms with van der Waals surface area (Å²) in [6.45, 7) is 7.44. The SMILES string of the molecule is CC1=NN(c2ccc(F)cc2)C(=O)C1=Cc1c(C)[nH]n(-c2ccc(C)cc2C)c1=O. The largest absolute Gasteiger partial charge is 0.295 e. The summed E-state index contributed by atoms with van der Waals surface area (Å²) in [6, 6.07) is 11.4. The van der Waals surface area contributed by atoms with Gasteiger partial charge in [-0.15, -0.1) is 0 Å². The summed E-state index contributed by atoms with van der Waals surface area (Å²) in [4.78, 5) is 26.0. The van der Waals surface area contributed by atoms with Gasteiger partial charge in [-0.25, -0.2) is 9.07 Å². The smallest absolute Gasteiger partial charge is 0.280 e. The fraction of sp³-hybridized carbons (Fsp3) is 0.174. The van der Waals surface area contributed by atoms with Crippen LogP contribution in [0, 0.1) is 26.6 Å². The summed E-state index contributed by atoms with van der Waals surface area (Å²) in [5, 5.41) is 8.59. The van der Waals surface area contributed by atoms with Crippen LogP contribution in [0.25, 0.3) is 11.8 Å². The van der Waals surface area contributed by atoms with Gasteiger partial charge in [-0.1, -0.05) is 17.7 Å². The zero-order chi connectivity index (χ0) is 21.6. The van der Waals surface area contributed by atoms with Crippen LogP contribution in [0.15, 0.2) is 57.9 Å². The minimum absolute atomic E-state index is 0.243. The van der Waals surface area contributed by atoms with Crippen LogP contribution in [0.3, 0.4) is 0 Å². The maximum Gasteiger partial charge on any atom is 0.280 e. The number of hydrazone groups is 1. The lowest BCUT2D eigenvalue weighted by molar-refractivity contribution is -0.114. The number of amides is 1. The van der Waals surface area contributed by atoms with Gasteiger partial charge in [-0.2, -0.15) is 10.1 Å². The van der Waals surface area contributed by atoms with Gasteiger partial charge in [-0.3, -0.25) is 14.7 Å². The number of H-pyrrole nitrogens is 1. The number of rotatable bonds is 3. The van der Waals surface area contributed by atoms with Crippen LogP contribution in [0.1, 0.15) is 29.3 Å². The van der Waals surface area contributed by atoms with Crippen LogP contribution in [0.2, 0.25) is 0 Å². The second-order valence-electron chi connectivity index (χ2n) is 7.42. The van der Waals surface area contributed by atoms with Gasteiger partial charge in [-0.05, 0) is 69.7 Å². The number of aromatic amines is 1. The van der Waals surface area contributed by atoms with Crippen molar-refractivity contribution in [2.45, 2.75) is 27.7 Å². The predicted molar refractivity (Wildman–Crippen MR) is 116 cm³/mol. The Balaban J connectivity index is 1.74. The van der Waals surface area contributed by atoms with E-state index < -0.39 is 5.82 Å². The molecule has 1 aliphatic rings. The Morgan fingerprint density at radius 2 is 1.70 bits per heavy atom. The Morgan fingerprint density at radius 1 is 1.00 bits per heavy atom.